The van der Waals surface area contributed by atoms with Crippen LogP contribution in [0.4, 0.5) is 0 Å². The number of nitrogens with zero attached hydrogens (tertiary/aromatic N) is 1. The van der Waals surface area contributed by atoms with Gasteiger partial charge in [0.25, 0.3) is 0 Å². The quantitative estimate of drug-likeness (QED) is 0.557. The Morgan fingerprint density at radius 1 is 1.90 bits per heavy atom. The molecule has 54 valence electrons. The molecule has 0 aromatic heterocycles. The van der Waals surface area contributed by atoms with Crippen LogP contribution in [0.3, 0.4) is 0 Å². The summed E-state index contributed by atoms with van der Waals surface area (Å²) < 4.78 is 5.01. The van der Waals surface area contributed by atoms with Gasteiger partial charge >= 0.3 is 5.97 Å². The van der Waals surface area contributed by atoms with E-state index in [0.717, 1.165) is 13.0 Å². The molecular formula is C6H7NO3. The van der Waals surface area contributed by atoms with E-state index >= 15 is 0 Å². The second-order valence-corrected chi connectivity index (χ2v) is 2.38. The molecule has 1 saturated heterocycles. The van der Waals surface area contributed by atoms with Gasteiger partial charge in [-0.1, -0.05) is 0 Å². The highest BCUT2D eigenvalue weighted by Crippen LogP contribution is 2.29. The van der Waals surface area contributed by atoms with Crippen molar-refractivity contribution >= 4 is 5.97 Å². The van der Waals surface area contributed by atoms with Crippen molar-refractivity contribution in [2.45, 2.75) is 12.6 Å². The van der Waals surface area contributed by atoms with Crippen LogP contribution in [0.15, 0.2) is 12.0 Å². The highest BCUT2D eigenvalue weighted by atomic mass is 16.5. The highest BCUT2D eigenvalue weighted by molar-refractivity contribution is 5.86. The number of ether oxygens (including phenoxy) is 1. The lowest BCUT2D eigenvalue weighted by molar-refractivity contribution is -0.136. The zero-order chi connectivity index (χ0) is 7.14. The Morgan fingerprint density at radius 2 is 2.70 bits per heavy atom. The van der Waals surface area contributed by atoms with Gasteiger partial charge in [-0.15, -0.1) is 0 Å². The van der Waals surface area contributed by atoms with Gasteiger partial charge in [0.15, 0.2) is 11.9 Å². The van der Waals surface area contributed by atoms with Crippen LogP contribution in [0.5, 0.6) is 0 Å². The van der Waals surface area contributed by atoms with E-state index in [9.17, 15) is 4.79 Å². The molecule has 10 heavy (non-hydrogen) atoms. The van der Waals surface area contributed by atoms with Gasteiger partial charge in [-0.05, 0) is 0 Å². The summed E-state index contributed by atoms with van der Waals surface area (Å²) in [4.78, 5) is 12.1. The van der Waals surface area contributed by atoms with Crippen LogP contribution in [0.25, 0.3) is 0 Å². The van der Waals surface area contributed by atoms with E-state index in [1.54, 1.807) is 4.90 Å². The van der Waals surface area contributed by atoms with Gasteiger partial charge in [-0.2, -0.15) is 0 Å². The maximum absolute atomic E-state index is 10.4. The normalized spacial score (nSPS) is 28.2. The fourth-order valence-corrected chi connectivity index (χ4v) is 1.16. The van der Waals surface area contributed by atoms with Crippen molar-refractivity contribution in [1.29, 1.82) is 0 Å². The first-order valence-electron chi connectivity index (χ1n) is 3.14. The minimum atomic E-state index is -0.901. The van der Waals surface area contributed by atoms with Crippen LogP contribution in [0, 0.1) is 0 Å². The molecule has 1 atom stereocenters. The van der Waals surface area contributed by atoms with Crippen molar-refractivity contribution in [2.24, 2.45) is 0 Å². The molecule has 4 nitrogen and oxygen atoms in total. The van der Waals surface area contributed by atoms with Crippen LogP contribution >= 0.6 is 0 Å². The van der Waals surface area contributed by atoms with E-state index in [1.165, 1.54) is 6.26 Å². The molecule has 2 aliphatic heterocycles. The zero-order valence-electron chi connectivity index (χ0n) is 5.28. The third kappa shape index (κ3) is 0.531. The first kappa shape index (κ1) is 5.58. The summed E-state index contributed by atoms with van der Waals surface area (Å²) in [5.41, 5.74) is 0.288. The van der Waals surface area contributed by atoms with E-state index in [-0.39, 0.29) is 11.9 Å². The molecule has 0 spiro atoms. The SMILES string of the molecule is O=C(O)C1=COC2CCN12. The average Bonchev–Trinajstić information content (AvgIpc) is 2.07. The van der Waals surface area contributed by atoms with Gasteiger partial charge in [-0.25, -0.2) is 4.79 Å². The standard InChI is InChI=1S/C6H7NO3/c8-6(9)4-3-10-5-1-2-7(4)5/h3,5H,1-2H2,(H,8,9). The van der Waals surface area contributed by atoms with Gasteiger partial charge in [0.05, 0.1) is 0 Å². The molecule has 0 aromatic rings. The molecule has 0 aliphatic carbocycles. The molecule has 2 aliphatic rings. The van der Waals surface area contributed by atoms with E-state index in [0.29, 0.717) is 0 Å². The number of fused-ring (bicyclic) bond motifs is 1. The lowest BCUT2D eigenvalue weighted by Crippen LogP contribution is -2.45. The minimum Gasteiger partial charge on any atom is -0.476 e. The molecule has 0 bridgehead atoms. The van der Waals surface area contributed by atoms with E-state index in [4.69, 9.17) is 9.84 Å². The van der Waals surface area contributed by atoms with E-state index in [2.05, 4.69) is 0 Å². The Kier molecular flexibility index (Phi) is 0.922. The predicted molar refractivity (Wildman–Crippen MR) is 31.9 cm³/mol. The monoisotopic (exact) mass is 141 g/mol. The Morgan fingerprint density at radius 3 is 3.00 bits per heavy atom. The molecule has 2 rings (SSSR count). The molecule has 2 heterocycles. The topological polar surface area (TPSA) is 49.8 Å². The van der Waals surface area contributed by atoms with Gasteiger partial charge in [0.2, 0.25) is 0 Å². The fourth-order valence-electron chi connectivity index (χ4n) is 1.16. The summed E-state index contributed by atoms with van der Waals surface area (Å²) in [7, 11) is 0. The van der Waals surface area contributed by atoms with Crippen molar-refractivity contribution in [2.75, 3.05) is 6.54 Å². The van der Waals surface area contributed by atoms with Crippen LogP contribution in [-0.2, 0) is 9.53 Å². The van der Waals surface area contributed by atoms with Crippen LogP contribution in [0.1, 0.15) is 6.42 Å². The summed E-state index contributed by atoms with van der Waals surface area (Å²) >= 11 is 0. The van der Waals surface area contributed by atoms with Gasteiger partial charge < -0.3 is 14.7 Å². The minimum absolute atomic E-state index is 0.0195. The van der Waals surface area contributed by atoms with Crippen molar-refractivity contribution < 1.29 is 14.6 Å². The summed E-state index contributed by atoms with van der Waals surface area (Å²) in [6.45, 7) is 0.808. The van der Waals surface area contributed by atoms with Crippen LogP contribution in [0.2, 0.25) is 0 Å². The number of aliphatic carboxylic acids is 1. The smallest absolute Gasteiger partial charge is 0.355 e. The molecule has 0 aromatic carbocycles. The third-order valence-corrected chi connectivity index (χ3v) is 1.83. The largest absolute Gasteiger partial charge is 0.476 e. The number of hydrogen-bond acceptors (Lipinski definition) is 3. The van der Waals surface area contributed by atoms with Crippen LogP contribution < -0.4 is 0 Å². The third-order valence-electron chi connectivity index (χ3n) is 1.83. The molecule has 0 radical (unpaired) electrons. The molecule has 0 amide bonds. The molecular weight excluding hydrogens is 134 g/mol. The Bertz CT molecular complexity index is 211. The number of hydrogen-bond donors (Lipinski definition) is 1. The maximum Gasteiger partial charge on any atom is 0.355 e. The number of rotatable bonds is 1. The predicted octanol–water partition coefficient (Wildman–Crippen LogP) is -0.0256. The lowest BCUT2D eigenvalue weighted by atomic mass is 10.2. The van der Waals surface area contributed by atoms with Crippen molar-refractivity contribution in [1.82, 2.24) is 4.90 Å². The first-order valence-corrected chi connectivity index (χ1v) is 3.14. The first-order chi connectivity index (χ1) is 4.79. The second-order valence-electron chi connectivity index (χ2n) is 2.38. The zero-order valence-corrected chi connectivity index (χ0v) is 5.28. The number of carbonyl (C=O) groups is 1. The van der Waals surface area contributed by atoms with E-state index < -0.39 is 5.97 Å². The fraction of sp³-hybridized carbons (Fsp3) is 0.500. The van der Waals surface area contributed by atoms with Crippen molar-refractivity contribution in [3.8, 4) is 0 Å². The van der Waals surface area contributed by atoms with Gasteiger partial charge in [-0.3, -0.25) is 0 Å². The summed E-state index contributed by atoms with van der Waals surface area (Å²) in [6, 6.07) is 0. The van der Waals surface area contributed by atoms with Gasteiger partial charge in [0, 0.05) is 13.0 Å². The molecule has 4 heteroatoms. The van der Waals surface area contributed by atoms with Crippen LogP contribution in [-0.4, -0.2) is 28.7 Å². The highest BCUT2D eigenvalue weighted by Gasteiger charge is 2.38. The Balaban J connectivity index is 2.16. The van der Waals surface area contributed by atoms with Crippen molar-refractivity contribution in [3.63, 3.8) is 0 Å². The Labute approximate surface area is 57.7 Å². The number of carboxylic acids is 1. The molecule has 0 saturated carbocycles. The summed E-state index contributed by atoms with van der Waals surface area (Å²) in [5, 5.41) is 8.55. The summed E-state index contributed by atoms with van der Waals surface area (Å²) in [6.07, 6.45) is 2.28. The van der Waals surface area contributed by atoms with Gasteiger partial charge in [0.1, 0.15) is 6.26 Å². The molecule has 1 fully saturated rings. The Hall–Kier alpha value is -1.19. The van der Waals surface area contributed by atoms with Crippen molar-refractivity contribution in [3.05, 3.63) is 12.0 Å². The average molecular weight is 141 g/mol. The molecule has 1 N–H and O–H groups in total. The summed E-state index contributed by atoms with van der Waals surface area (Å²) in [5.74, 6) is -0.901. The van der Waals surface area contributed by atoms with E-state index in [1.807, 2.05) is 0 Å². The number of carboxylic acid groups (broad SMARTS) is 1. The maximum atomic E-state index is 10.4. The second kappa shape index (κ2) is 1.65. The lowest BCUT2D eigenvalue weighted by Gasteiger charge is -2.35. The molecule has 1 unspecified atom stereocenters.